The van der Waals surface area contributed by atoms with Crippen LogP contribution in [0.2, 0.25) is 5.02 Å². The largest absolute Gasteiger partial charge is 0.459 e. The SMILES string of the molecule is CCC1OC(=O)C(C)C(OC2CC(C)(O)C(O)C(C)O2)C(C)CC(C)(CCCCCC2C(O)OC(C)CC2N(C)C(=O)CCCNc2ccnc3cc(Cl)ccc23)CC(C)CN(C)C(C)C(O)C1(C)O. The summed E-state index contributed by atoms with van der Waals surface area (Å²) < 4.78 is 24.9. The third kappa shape index (κ3) is 14.7. The van der Waals surface area contributed by atoms with E-state index >= 15 is 0 Å². The number of unbranched alkanes of at least 4 members (excludes halogenated alkanes) is 2. The molecule has 0 aliphatic carbocycles. The maximum atomic E-state index is 14.2. The van der Waals surface area contributed by atoms with Crippen LogP contribution in [0.4, 0.5) is 5.69 Å². The molecule has 3 fully saturated rings. The van der Waals surface area contributed by atoms with Gasteiger partial charge >= 0.3 is 5.97 Å². The van der Waals surface area contributed by atoms with Crippen LogP contribution in [-0.4, -0.2) is 152 Å². The molecule has 3 aliphatic heterocycles. The zero-order valence-electron chi connectivity index (χ0n) is 44.3. The molecule has 1 aromatic carbocycles. The summed E-state index contributed by atoms with van der Waals surface area (Å²) in [6.45, 7) is 20.1. The minimum Gasteiger partial charge on any atom is -0.459 e. The van der Waals surface area contributed by atoms with Gasteiger partial charge in [0, 0.05) is 73.3 Å². The molecular weight excluding hydrogens is 916 g/mol. The van der Waals surface area contributed by atoms with Gasteiger partial charge in [-0.3, -0.25) is 14.6 Å². The van der Waals surface area contributed by atoms with E-state index < -0.39 is 72.2 Å². The van der Waals surface area contributed by atoms with Crippen molar-refractivity contribution in [3.05, 3.63) is 35.5 Å². The molecule has 5 rings (SSSR count). The van der Waals surface area contributed by atoms with Crippen LogP contribution in [0.1, 0.15) is 146 Å². The Bertz CT molecular complexity index is 1990. The molecule has 4 heterocycles. The molecule has 6 N–H and O–H groups in total. The molecule has 0 radical (unpaired) electrons. The highest BCUT2D eigenvalue weighted by atomic mass is 35.5. The number of pyridine rings is 1. The summed E-state index contributed by atoms with van der Waals surface area (Å²) in [4.78, 5) is 36.2. The number of anilines is 1. The average Bonchev–Trinajstić information content (AvgIpc) is 3.28. The van der Waals surface area contributed by atoms with Crippen LogP contribution >= 0.6 is 11.6 Å². The number of nitrogens with one attached hydrogen (secondary N) is 1. The van der Waals surface area contributed by atoms with Crippen molar-refractivity contribution >= 4 is 40.1 Å². The second kappa shape index (κ2) is 25.0. The van der Waals surface area contributed by atoms with Crippen LogP contribution in [0.3, 0.4) is 0 Å². The van der Waals surface area contributed by atoms with Crippen molar-refractivity contribution < 1.29 is 54.1 Å². The van der Waals surface area contributed by atoms with Crippen LogP contribution < -0.4 is 5.32 Å². The van der Waals surface area contributed by atoms with Crippen molar-refractivity contribution in [3.8, 4) is 0 Å². The van der Waals surface area contributed by atoms with E-state index in [9.17, 15) is 35.1 Å². The Hall–Kier alpha value is -2.70. The van der Waals surface area contributed by atoms with Gasteiger partial charge < -0.3 is 59.6 Å². The Morgan fingerprint density at radius 2 is 1.69 bits per heavy atom. The molecule has 16 heteroatoms. The average molecular weight is 1010 g/mol. The fourth-order valence-corrected chi connectivity index (χ4v) is 12.2. The summed E-state index contributed by atoms with van der Waals surface area (Å²) in [5.74, 6) is -1.58. The summed E-state index contributed by atoms with van der Waals surface area (Å²) in [5.41, 5.74) is -1.70. The highest BCUT2D eigenvalue weighted by Gasteiger charge is 2.49. The van der Waals surface area contributed by atoms with Crippen LogP contribution in [0.5, 0.6) is 0 Å². The maximum absolute atomic E-state index is 14.2. The number of amides is 1. The lowest BCUT2D eigenvalue weighted by molar-refractivity contribution is -0.291. The fraction of sp³-hybridized carbons (Fsp3) is 0.796. The minimum atomic E-state index is -1.75. The monoisotopic (exact) mass is 1000 g/mol. The first kappa shape index (κ1) is 58.2. The van der Waals surface area contributed by atoms with E-state index in [1.807, 2.05) is 64.0 Å². The number of aromatic nitrogens is 1. The standard InChI is InChI=1S/C54H89ClN4O11/c1-13-44-54(10,66)48(61)36(6)58(11)31-32(2)28-52(8,29-33(3)47(35(5)50(63)69-44)70-46-30-53(9,65)49(62)37(7)68-46)23-16-14-15-18-40-43(26-34(4)67-51(40)64)59(12)45(60)19-17-24-56-41-22-25-57-42-27-38(55)20-21-39(41)42/h20-22,25,27,32-37,40,43-44,46-49,51,61-62,64-66H,13-19,23-24,26,28-31H2,1-12H3,(H,56,57). The van der Waals surface area contributed by atoms with Gasteiger partial charge in [-0.15, -0.1) is 0 Å². The number of nitrogens with zero attached hydrogens (tertiary/aromatic N) is 3. The molecule has 398 valence electrons. The van der Waals surface area contributed by atoms with Gasteiger partial charge in [0.25, 0.3) is 0 Å². The Kier molecular flexibility index (Phi) is 20.8. The van der Waals surface area contributed by atoms with Crippen molar-refractivity contribution in [2.45, 2.75) is 219 Å². The number of cyclic esters (lactones) is 1. The summed E-state index contributed by atoms with van der Waals surface area (Å²) in [6, 6.07) is 6.93. The van der Waals surface area contributed by atoms with Crippen molar-refractivity contribution in [2.24, 2.45) is 29.1 Å². The zero-order valence-corrected chi connectivity index (χ0v) is 45.0. The molecule has 17 unspecified atom stereocenters. The summed E-state index contributed by atoms with van der Waals surface area (Å²) in [5, 5.41) is 61.7. The van der Waals surface area contributed by atoms with Gasteiger partial charge in [0.2, 0.25) is 5.91 Å². The van der Waals surface area contributed by atoms with Gasteiger partial charge in [0.1, 0.15) is 23.9 Å². The smallest absolute Gasteiger partial charge is 0.311 e. The summed E-state index contributed by atoms with van der Waals surface area (Å²) in [6.07, 6.45) is 2.58. The second-order valence-electron chi connectivity index (χ2n) is 22.6. The summed E-state index contributed by atoms with van der Waals surface area (Å²) >= 11 is 6.18. The Morgan fingerprint density at radius 3 is 2.37 bits per heavy atom. The van der Waals surface area contributed by atoms with Crippen LogP contribution in [-0.2, 0) is 28.5 Å². The van der Waals surface area contributed by atoms with E-state index in [1.54, 1.807) is 27.0 Å². The highest BCUT2D eigenvalue weighted by Crippen LogP contribution is 2.43. The number of hydrogen-bond acceptors (Lipinski definition) is 14. The fourth-order valence-electron chi connectivity index (χ4n) is 12.1. The number of carbonyl (C=O) groups excluding carboxylic acids is 2. The molecule has 70 heavy (non-hydrogen) atoms. The Morgan fingerprint density at radius 1 is 0.971 bits per heavy atom. The topological polar surface area (TPSA) is 204 Å². The molecule has 1 aromatic heterocycles. The molecule has 0 saturated carbocycles. The molecule has 0 bridgehead atoms. The van der Waals surface area contributed by atoms with Gasteiger partial charge in [0.05, 0.1) is 35.3 Å². The van der Waals surface area contributed by atoms with Crippen LogP contribution in [0.15, 0.2) is 30.5 Å². The normalized spacial score (nSPS) is 38.6. The zero-order chi connectivity index (χ0) is 51.9. The van der Waals surface area contributed by atoms with Gasteiger partial charge in [-0.1, -0.05) is 58.6 Å². The predicted octanol–water partition coefficient (Wildman–Crippen LogP) is 7.70. The first-order valence-corrected chi connectivity index (χ1v) is 26.6. The van der Waals surface area contributed by atoms with E-state index in [1.165, 1.54) is 6.92 Å². The Balaban J connectivity index is 1.27. The van der Waals surface area contributed by atoms with E-state index in [0.717, 1.165) is 48.7 Å². The first-order valence-electron chi connectivity index (χ1n) is 26.2. The predicted molar refractivity (Wildman–Crippen MR) is 273 cm³/mol. The number of halogens is 1. The van der Waals surface area contributed by atoms with E-state index in [0.29, 0.717) is 50.2 Å². The molecule has 1 amide bonds. The van der Waals surface area contributed by atoms with Crippen LogP contribution in [0, 0.1) is 29.1 Å². The lowest BCUT2D eigenvalue weighted by atomic mass is 9.70. The number of hydrogen-bond donors (Lipinski definition) is 6. The number of carbonyl (C=O) groups is 2. The number of rotatable bonds is 15. The molecule has 15 nitrogen and oxygen atoms in total. The molecule has 0 spiro atoms. The molecular formula is C54H89ClN4O11. The number of likely N-dealkylation sites (N-methyl/N-ethyl adjacent to an activating group) is 1. The third-order valence-corrected chi connectivity index (χ3v) is 16.4. The van der Waals surface area contributed by atoms with Crippen molar-refractivity contribution in [1.29, 1.82) is 0 Å². The van der Waals surface area contributed by atoms with Gasteiger partial charge in [-0.2, -0.15) is 0 Å². The number of esters is 1. The van der Waals surface area contributed by atoms with Gasteiger partial charge in [-0.25, -0.2) is 0 Å². The molecule has 3 saturated heterocycles. The van der Waals surface area contributed by atoms with E-state index in [2.05, 4.69) is 36.0 Å². The molecule has 17 atom stereocenters. The van der Waals surface area contributed by atoms with Gasteiger partial charge in [0.15, 0.2) is 12.6 Å². The highest BCUT2D eigenvalue weighted by molar-refractivity contribution is 6.31. The second-order valence-corrected chi connectivity index (χ2v) is 23.0. The quantitative estimate of drug-likeness (QED) is 0.0749. The number of aliphatic hydroxyl groups excluding tert-OH is 3. The third-order valence-electron chi connectivity index (χ3n) is 16.2. The summed E-state index contributed by atoms with van der Waals surface area (Å²) in [7, 11) is 3.81. The molecule has 2 aromatic rings. The lowest BCUT2D eigenvalue weighted by Crippen LogP contribution is -2.59. The van der Waals surface area contributed by atoms with Gasteiger partial charge in [-0.05, 0) is 135 Å². The minimum absolute atomic E-state index is 0.00388. The first-order chi connectivity index (χ1) is 32.8. The number of benzene rings is 1. The van der Waals surface area contributed by atoms with Crippen molar-refractivity contribution in [1.82, 2.24) is 14.8 Å². The number of ether oxygens (including phenoxy) is 4. The Labute approximate surface area is 423 Å². The number of aliphatic hydroxyl groups is 5. The lowest BCUT2D eigenvalue weighted by Gasteiger charge is -2.45. The van der Waals surface area contributed by atoms with E-state index in [4.69, 9.17) is 30.5 Å². The van der Waals surface area contributed by atoms with Crippen LogP contribution in [0.25, 0.3) is 10.9 Å². The molecule has 3 aliphatic rings. The maximum Gasteiger partial charge on any atom is 0.311 e. The van der Waals surface area contributed by atoms with Crippen molar-refractivity contribution in [3.63, 3.8) is 0 Å². The van der Waals surface area contributed by atoms with Crippen molar-refractivity contribution in [2.75, 3.05) is 32.5 Å². The van der Waals surface area contributed by atoms with E-state index in [-0.39, 0.29) is 54.1 Å². The number of fused-ring (bicyclic) bond motifs is 1.